The van der Waals surface area contributed by atoms with Gasteiger partial charge >= 0.3 is 5.97 Å². The summed E-state index contributed by atoms with van der Waals surface area (Å²) in [6.07, 6.45) is 7.93. The van der Waals surface area contributed by atoms with Crippen molar-refractivity contribution >= 4 is 5.97 Å². The van der Waals surface area contributed by atoms with Crippen LogP contribution >= 0.6 is 0 Å². The summed E-state index contributed by atoms with van der Waals surface area (Å²) in [6.45, 7) is 2.20. The third-order valence-corrected chi connectivity index (χ3v) is 4.45. The molecule has 1 aromatic carbocycles. The monoisotopic (exact) mass is 299 g/mol. The highest BCUT2D eigenvalue weighted by Gasteiger charge is 2.27. The van der Waals surface area contributed by atoms with Gasteiger partial charge in [-0.3, -0.25) is 4.79 Å². The number of hydrogen-bond acceptors (Lipinski definition) is 3. The van der Waals surface area contributed by atoms with Crippen LogP contribution in [0.25, 0.3) is 0 Å². The molecule has 0 heterocycles. The summed E-state index contributed by atoms with van der Waals surface area (Å²) < 4.78 is 5.48. The number of hydrogen-bond donors (Lipinski definition) is 0. The number of benzene rings is 1. The molecule has 1 fully saturated rings. The zero-order valence-corrected chi connectivity index (χ0v) is 13.4. The summed E-state index contributed by atoms with van der Waals surface area (Å²) in [5, 5.41) is 8.89. The van der Waals surface area contributed by atoms with Crippen LogP contribution in [-0.4, -0.2) is 5.97 Å². The van der Waals surface area contributed by atoms with E-state index < -0.39 is 0 Å². The van der Waals surface area contributed by atoms with Crippen LogP contribution in [0.1, 0.15) is 57.4 Å². The van der Waals surface area contributed by atoms with E-state index in [4.69, 9.17) is 10.00 Å². The Morgan fingerprint density at radius 2 is 1.86 bits per heavy atom. The Morgan fingerprint density at radius 3 is 2.45 bits per heavy atom. The van der Waals surface area contributed by atoms with Gasteiger partial charge in [0.1, 0.15) is 5.75 Å². The number of nitrogens with zero attached hydrogens (tertiary/aromatic N) is 1. The molecule has 0 radical (unpaired) electrons. The summed E-state index contributed by atoms with van der Waals surface area (Å²) in [5.41, 5.74) is 1.29. The number of nitriles is 1. The minimum atomic E-state index is -0.143. The summed E-state index contributed by atoms with van der Waals surface area (Å²) in [6, 6.07) is 10.2. The lowest BCUT2D eigenvalue weighted by Gasteiger charge is -2.23. The van der Waals surface area contributed by atoms with Gasteiger partial charge in [-0.05, 0) is 56.2 Å². The Labute approximate surface area is 133 Å². The maximum atomic E-state index is 12.2. The lowest BCUT2D eigenvalue weighted by molar-refractivity contribution is -0.140. The molecule has 22 heavy (non-hydrogen) atoms. The third-order valence-electron chi connectivity index (χ3n) is 4.45. The fourth-order valence-corrected chi connectivity index (χ4v) is 2.96. The molecule has 0 aliphatic heterocycles. The molecule has 3 nitrogen and oxygen atoms in total. The van der Waals surface area contributed by atoms with Crippen molar-refractivity contribution < 1.29 is 9.53 Å². The quantitative estimate of drug-likeness (QED) is 0.436. The first kappa shape index (κ1) is 16.5. The Kier molecular flexibility index (Phi) is 6.45. The lowest BCUT2D eigenvalue weighted by Crippen LogP contribution is -2.25. The van der Waals surface area contributed by atoms with E-state index in [1.165, 1.54) is 24.8 Å². The number of rotatable bonds is 6. The van der Waals surface area contributed by atoms with E-state index in [9.17, 15) is 4.79 Å². The summed E-state index contributed by atoms with van der Waals surface area (Å²) in [4.78, 5) is 12.2. The fraction of sp³-hybridized carbons (Fsp3) is 0.579. The van der Waals surface area contributed by atoms with Crippen molar-refractivity contribution in [3.05, 3.63) is 29.8 Å². The van der Waals surface area contributed by atoms with Gasteiger partial charge in [-0.15, -0.1) is 0 Å². The van der Waals surface area contributed by atoms with Gasteiger partial charge in [0, 0.05) is 5.92 Å². The van der Waals surface area contributed by atoms with E-state index in [0.717, 1.165) is 32.1 Å². The predicted molar refractivity (Wildman–Crippen MR) is 86.4 cm³/mol. The van der Waals surface area contributed by atoms with Crippen LogP contribution in [0, 0.1) is 23.2 Å². The van der Waals surface area contributed by atoms with Gasteiger partial charge in [0.15, 0.2) is 0 Å². The molecule has 0 saturated heterocycles. The molecule has 0 unspecified atom stereocenters. The molecule has 3 heteroatoms. The number of carbonyl (C=O) groups is 1. The highest BCUT2D eigenvalue weighted by Crippen LogP contribution is 2.29. The van der Waals surface area contributed by atoms with Crippen molar-refractivity contribution in [3.63, 3.8) is 0 Å². The number of esters is 1. The van der Waals surface area contributed by atoms with Crippen LogP contribution in [0.5, 0.6) is 5.75 Å². The minimum Gasteiger partial charge on any atom is -0.426 e. The smallest absolute Gasteiger partial charge is 0.314 e. The number of carbonyl (C=O) groups excluding carboxylic acids is 1. The van der Waals surface area contributed by atoms with E-state index >= 15 is 0 Å². The molecule has 1 aliphatic rings. The molecule has 0 aromatic heterocycles. The molecule has 2 rings (SSSR count). The first-order valence-electron chi connectivity index (χ1n) is 8.43. The second-order valence-corrected chi connectivity index (χ2v) is 6.20. The Morgan fingerprint density at radius 1 is 1.18 bits per heavy atom. The molecule has 1 aliphatic carbocycles. The maximum Gasteiger partial charge on any atom is 0.314 e. The van der Waals surface area contributed by atoms with Gasteiger partial charge in [0.05, 0.1) is 12.0 Å². The van der Waals surface area contributed by atoms with E-state index in [1.54, 1.807) is 0 Å². The van der Waals surface area contributed by atoms with Gasteiger partial charge in [0.2, 0.25) is 0 Å². The van der Waals surface area contributed by atoms with Crippen molar-refractivity contribution in [1.82, 2.24) is 0 Å². The summed E-state index contributed by atoms with van der Waals surface area (Å²) in [7, 11) is 0. The van der Waals surface area contributed by atoms with Crippen LogP contribution in [-0.2, 0) is 11.2 Å². The van der Waals surface area contributed by atoms with E-state index in [2.05, 4.69) is 13.0 Å². The number of unbranched alkanes of at least 4 members (excludes halogenated alkanes) is 2. The predicted octanol–water partition coefficient (Wildman–Crippen LogP) is 4.65. The highest BCUT2D eigenvalue weighted by molar-refractivity contribution is 5.75. The van der Waals surface area contributed by atoms with E-state index in [1.807, 2.05) is 24.3 Å². The maximum absolute atomic E-state index is 12.2. The Balaban J connectivity index is 1.80. The Bertz CT molecular complexity index is 507. The van der Waals surface area contributed by atoms with Gasteiger partial charge in [0.25, 0.3) is 0 Å². The SMILES string of the molecule is CCCCCc1ccc(OC(=O)C2CCC(C#N)CC2)cc1. The van der Waals surface area contributed by atoms with Crippen LogP contribution in [0.3, 0.4) is 0 Å². The highest BCUT2D eigenvalue weighted by atomic mass is 16.5. The van der Waals surface area contributed by atoms with Crippen LogP contribution in [0.2, 0.25) is 0 Å². The van der Waals surface area contributed by atoms with E-state index in [-0.39, 0.29) is 17.8 Å². The molecule has 0 atom stereocenters. The first-order valence-corrected chi connectivity index (χ1v) is 8.43. The van der Waals surface area contributed by atoms with Gasteiger partial charge in [-0.1, -0.05) is 31.9 Å². The zero-order valence-electron chi connectivity index (χ0n) is 13.4. The molecule has 0 spiro atoms. The number of ether oxygens (including phenoxy) is 1. The van der Waals surface area contributed by atoms with E-state index in [0.29, 0.717) is 5.75 Å². The standard InChI is InChI=1S/C19H25NO2/c1-2-3-4-5-15-8-12-18(13-9-15)22-19(21)17-10-6-16(14-20)7-11-17/h8-9,12-13,16-17H,2-7,10-11H2,1H3. The lowest BCUT2D eigenvalue weighted by atomic mass is 9.83. The molecular formula is C19H25NO2. The fourth-order valence-electron chi connectivity index (χ4n) is 2.96. The topological polar surface area (TPSA) is 50.1 Å². The summed E-state index contributed by atoms with van der Waals surface area (Å²) in [5.74, 6) is 0.557. The van der Waals surface area contributed by atoms with Gasteiger partial charge in [-0.25, -0.2) is 0 Å². The minimum absolute atomic E-state index is 0.0474. The van der Waals surface area contributed by atoms with Crippen molar-refractivity contribution in [1.29, 1.82) is 5.26 Å². The summed E-state index contributed by atoms with van der Waals surface area (Å²) >= 11 is 0. The molecule has 1 aromatic rings. The van der Waals surface area contributed by atoms with Crippen molar-refractivity contribution in [2.75, 3.05) is 0 Å². The second-order valence-electron chi connectivity index (χ2n) is 6.20. The molecule has 0 bridgehead atoms. The van der Waals surface area contributed by atoms with Crippen molar-refractivity contribution in [3.8, 4) is 11.8 Å². The molecular weight excluding hydrogens is 274 g/mol. The normalized spacial score (nSPS) is 21.1. The average Bonchev–Trinajstić information content (AvgIpc) is 2.57. The first-order chi connectivity index (χ1) is 10.7. The molecule has 0 amide bonds. The van der Waals surface area contributed by atoms with Crippen molar-refractivity contribution in [2.24, 2.45) is 11.8 Å². The third kappa shape index (κ3) is 4.87. The van der Waals surface area contributed by atoms with Crippen molar-refractivity contribution in [2.45, 2.75) is 58.3 Å². The molecule has 0 N–H and O–H groups in total. The zero-order chi connectivity index (χ0) is 15.8. The van der Waals surface area contributed by atoms with Gasteiger partial charge in [-0.2, -0.15) is 5.26 Å². The van der Waals surface area contributed by atoms with Crippen LogP contribution in [0.4, 0.5) is 0 Å². The Hall–Kier alpha value is -1.82. The van der Waals surface area contributed by atoms with Gasteiger partial charge < -0.3 is 4.74 Å². The number of aryl methyl sites for hydroxylation is 1. The second kappa shape index (κ2) is 8.58. The largest absolute Gasteiger partial charge is 0.426 e. The van der Waals surface area contributed by atoms with Crippen LogP contribution in [0.15, 0.2) is 24.3 Å². The molecule has 118 valence electrons. The molecule has 1 saturated carbocycles. The van der Waals surface area contributed by atoms with Crippen LogP contribution < -0.4 is 4.74 Å². The average molecular weight is 299 g/mol.